The van der Waals surface area contributed by atoms with Crippen LogP contribution in [0.1, 0.15) is 5.56 Å². The summed E-state index contributed by atoms with van der Waals surface area (Å²) in [5.41, 5.74) is 1.01. The van der Waals surface area contributed by atoms with Crippen molar-refractivity contribution in [2.75, 3.05) is 13.8 Å². The molecule has 0 aromatic heterocycles. The number of ether oxygens (including phenoxy) is 2. The molecule has 18 heavy (non-hydrogen) atoms. The van der Waals surface area contributed by atoms with Gasteiger partial charge in [-0.1, -0.05) is 6.07 Å². The molecule has 92 valence electrons. The van der Waals surface area contributed by atoms with Crippen LogP contribution in [0.2, 0.25) is 0 Å². The summed E-state index contributed by atoms with van der Waals surface area (Å²) in [7, 11) is 1.43. The third kappa shape index (κ3) is 1.58. The lowest BCUT2D eigenvalue weighted by Crippen LogP contribution is -2.25. The van der Waals surface area contributed by atoms with Crippen molar-refractivity contribution < 1.29 is 19.1 Å². The van der Waals surface area contributed by atoms with Crippen molar-refractivity contribution >= 4 is 18.0 Å². The highest BCUT2D eigenvalue weighted by atomic mass is 16.7. The zero-order valence-corrected chi connectivity index (χ0v) is 9.60. The molecule has 0 saturated carbocycles. The molecule has 0 unspecified atom stereocenters. The summed E-state index contributed by atoms with van der Waals surface area (Å²) in [5.74, 6) is 0.961. The van der Waals surface area contributed by atoms with Gasteiger partial charge in [0.25, 0.3) is 5.91 Å². The van der Waals surface area contributed by atoms with Crippen LogP contribution in [0, 0.1) is 0 Å². The molecule has 2 aliphatic rings. The van der Waals surface area contributed by atoms with Crippen molar-refractivity contribution in [3.8, 4) is 11.5 Å². The van der Waals surface area contributed by atoms with Crippen molar-refractivity contribution in [2.24, 2.45) is 0 Å². The lowest BCUT2D eigenvalue weighted by Gasteiger charge is -2.00. The first kappa shape index (κ1) is 10.6. The van der Waals surface area contributed by atoms with Crippen molar-refractivity contribution in [3.63, 3.8) is 0 Å². The minimum Gasteiger partial charge on any atom is -0.454 e. The van der Waals surface area contributed by atoms with Crippen LogP contribution in [0.4, 0.5) is 4.79 Å². The minimum atomic E-state index is -0.424. The molecule has 6 heteroatoms. The number of amides is 3. The number of nitrogens with one attached hydrogen (secondary N) is 1. The Morgan fingerprint density at radius 3 is 2.78 bits per heavy atom. The largest absolute Gasteiger partial charge is 0.454 e. The molecule has 0 atom stereocenters. The topological polar surface area (TPSA) is 67.9 Å². The van der Waals surface area contributed by atoms with Gasteiger partial charge in [-0.25, -0.2) is 4.79 Å². The molecule has 2 aliphatic heterocycles. The van der Waals surface area contributed by atoms with Gasteiger partial charge in [-0.15, -0.1) is 0 Å². The maximum atomic E-state index is 11.7. The van der Waals surface area contributed by atoms with E-state index in [1.165, 1.54) is 7.05 Å². The molecule has 2 heterocycles. The predicted molar refractivity (Wildman–Crippen MR) is 61.8 cm³/mol. The predicted octanol–water partition coefficient (Wildman–Crippen LogP) is 0.938. The molecule has 1 aromatic rings. The second kappa shape index (κ2) is 3.76. The van der Waals surface area contributed by atoms with Gasteiger partial charge in [0.15, 0.2) is 11.5 Å². The monoisotopic (exact) mass is 246 g/mol. The maximum absolute atomic E-state index is 11.7. The smallest absolute Gasteiger partial charge is 0.328 e. The lowest BCUT2D eigenvalue weighted by molar-refractivity contribution is -0.121. The zero-order chi connectivity index (χ0) is 12.7. The van der Waals surface area contributed by atoms with Gasteiger partial charge in [-0.2, -0.15) is 0 Å². The van der Waals surface area contributed by atoms with Crippen LogP contribution in [0.3, 0.4) is 0 Å². The number of fused-ring (bicyclic) bond motifs is 1. The van der Waals surface area contributed by atoms with Gasteiger partial charge in [0.1, 0.15) is 5.70 Å². The van der Waals surface area contributed by atoms with E-state index >= 15 is 0 Å². The highest BCUT2D eigenvalue weighted by molar-refractivity contribution is 6.13. The van der Waals surface area contributed by atoms with Crippen LogP contribution in [0.5, 0.6) is 11.5 Å². The Morgan fingerprint density at radius 1 is 1.28 bits per heavy atom. The van der Waals surface area contributed by atoms with E-state index in [1.54, 1.807) is 24.3 Å². The molecule has 0 bridgehead atoms. The Labute approximate surface area is 103 Å². The third-order valence-electron chi connectivity index (χ3n) is 2.79. The first-order valence-corrected chi connectivity index (χ1v) is 5.35. The summed E-state index contributed by atoms with van der Waals surface area (Å²) < 4.78 is 10.4. The normalized spacial score (nSPS) is 19.6. The molecule has 0 radical (unpaired) electrons. The average Bonchev–Trinajstić information content (AvgIpc) is 2.91. The van der Waals surface area contributed by atoms with Gasteiger partial charge >= 0.3 is 6.03 Å². The van der Waals surface area contributed by atoms with Crippen molar-refractivity contribution in [2.45, 2.75) is 0 Å². The number of carbonyl (C=O) groups is 2. The number of likely N-dealkylation sites (N-methyl/N-ethyl adjacent to an activating group) is 1. The van der Waals surface area contributed by atoms with Crippen molar-refractivity contribution in [1.29, 1.82) is 0 Å². The Bertz CT molecular complexity index is 579. The summed E-state index contributed by atoms with van der Waals surface area (Å²) in [6.07, 6.45) is 1.60. The fourth-order valence-corrected chi connectivity index (χ4v) is 1.79. The highest BCUT2D eigenvalue weighted by Crippen LogP contribution is 2.33. The Morgan fingerprint density at radius 2 is 2.06 bits per heavy atom. The fourth-order valence-electron chi connectivity index (χ4n) is 1.79. The van der Waals surface area contributed by atoms with Gasteiger partial charge in [0.2, 0.25) is 6.79 Å². The number of urea groups is 1. The molecule has 6 nitrogen and oxygen atoms in total. The summed E-state index contributed by atoms with van der Waals surface area (Å²) in [6, 6.07) is 4.89. The molecule has 3 rings (SSSR count). The number of carbonyl (C=O) groups excluding carboxylic acids is 2. The van der Waals surface area contributed by atoms with Gasteiger partial charge in [-0.3, -0.25) is 9.69 Å². The Hall–Kier alpha value is -2.50. The summed E-state index contributed by atoms with van der Waals surface area (Å²) in [4.78, 5) is 24.0. The van der Waals surface area contributed by atoms with Crippen molar-refractivity contribution in [3.05, 3.63) is 29.5 Å². The number of benzene rings is 1. The molecular weight excluding hydrogens is 236 g/mol. The SMILES string of the molecule is CN1C(=O)N/C(=C/c2ccc3c(c2)OCO3)C1=O. The Kier molecular flexibility index (Phi) is 2.22. The summed E-state index contributed by atoms with van der Waals surface area (Å²) in [5, 5.41) is 2.50. The third-order valence-corrected chi connectivity index (χ3v) is 2.79. The van der Waals surface area contributed by atoms with Crippen molar-refractivity contribution in [1.82, 2.24) is 10.2 Å². The molecule has 1 fully saturated rings. The summed E-state index contributed by atoms with van der Waals surface area (Å²) >= 11 is 0. The molecule has 3 amide bonds. The quantitative estimate of drug-likeness (QED) is 0.591. The number of nitrogens with zero attached hydrogens (tertiary/aromatic N) is 1. The van der Waals surface area contributed by atoms with Gasteiger partial charge in [-0.05, 0) is 23.8 Å². The van der Waals surface area contributed by atoms with Crippen LogP contribution in [0.15, 0.2) is 23.9 Å². The van der Waals surface area contributed by atoms with Crippen LogP contribution in [-0.4, -0.2) is 30.7 Å². The molecule has 1 aromatic carbocycles. The number of hydrogen-bond acceptors (Lipinski definition) is 4. The standard InChI is InChI=1S/C12H10N2O4/c1-14-11(15)8(13-12(14)16)4-7-2-3-9-10(5-7)18-6-17-9/h2-5H,6H2,1H3,(H,13,16)/b8-4+. The van der Waals surface area contributed by atoms with E-state index in [0.29, 0.717) is 11.5 Å². The van der Waals surface area contributed by atoms with Gasteiger partial charge in [0.05, 0.1) is 0 Å². The highest BCUT2D eigenvalue weighted by Gasteiger charge is 2.30. The first-order chi connectivity index (χ1) is 8.65. The van der Waals surface area contributed by atoms with E-state index in [-0.39, 0.29) is 18.4 Å². The fraction of sp³-hybridized carbons (Fsp3) is 0.167. The average molecular weight is 246 g/mol. The molecule has 1 N–H and O–H groups in total. The van der Waals surface area contributed by atoms with E-state index < -0.39 is 6.03 Å². The first-order valence-electron chi connectivity index (χ1n) is 5.35. The minimum absolute atomic E-state index is 0.202. The molecule has 0 aliphatic carbocycles. The number of imide groups is 1. The second-order valence-electron chi connectivity index (χ2n) is 3.97. The van der Waals surface area contributed by atoms with E-state index in [4.69, 9.17) is 9.47 Å². The molecule has 1 saturated heterocycles. The van der Waals surface area contributed by atoms with E-state index in [9.17, 15) is 9.59 Å². The molecule has 0 spiro atoms. The lowest BCUT2D eigenvalue weighted by atomic mass is 10.1. The summed E-state index contributed by atoms with van der Waals surface area (Å²) in [6.45, 7) is 0.202. The zero-order valence-electron chi connectivity index (χ0n) is 9.60. The maximum Gasteiger partial charge on any atom is 0.328 e. The number of hydrogen-bond donors (Lipinski definition) is 1. The van der Waals surface area contributed by atoms with Gasteiger partial charge in [0, 0.05) is 7.05 Å². The Balaban J connectivity index is 1.93. The van der Waals surface area contributed by atoms with Crippen LogP contribution < -0.4 is 14.8 Å². The van der Waals surface area contributed by atoms with E-state index in [0.717, 1.165) is 10.5 Å². The van der Waals surface area contributed by atoms with E-state index in [2.05, 4.69) is 5.32 Å². The van der Waals surface area contributed by atoms with Gasteiger partial charge < -0.3 is 14.8 Å². The van der Waals surface area contributed by atoms with Crippen LogP contribution in [0.25, 0.3) is 6.08 Å². The van der Waals surface area contributed by atoms with Crippen LogP contribution in [-0.2, 0) is 4.79 Å². The van der Waals surface area contributed by atoms with E-state index in [1.807, 2.05) is 0 Å². The molecular formula is C12H10N2O4. The van der Waals surface area contributed by atoms with Crippen LogP contribution >= 0.6 is 0 Å². The second-order valence-corrected chi connectivity index (χ2v) is 3.97. The number of rotatable bonds is 1.